The predicted octanol–water partition coefficient (Wildman–Crippen LogP) is 3.32. The van der Waals surface area contributed by atoms with E-state index >= 15 is 0 Å². The van der Waals surface area contributed by atoms with Gasteiger partial charge in [0.1, 0.15) is 5.82 Å². The lowest BCUT2D eigenvalue weighted by Crippen LogP contribution is -2.21. The molecule has 0 aromatic heterocycles. The number of carbonyl (C=O) groups is 2. The molecule has 2 aromatic rings. The largest absolute Gasteiger partial charge is 0.456 e. The Morgan fingerprint density at radius 1 is 1.15 bits per heavy atom. The van der Waals surface area contributed by atoms with Crippen molar-refractivity contribution in [2.45, 2.75) is 12.8 Å². The summed E-state index contributed by atoms with van der Waals surface area (Å²) in [6, 6.07) is 9.17. The smallest absolute Gasteiger partial charge is 0.306 e. The highest BCUT2D eigenvalue weighted by Crippen LogP contribution is 2.32. The fourth-order valence-electron chi connectivity index (χ4n) is 2.34. The van der Waals surface area contributed by atoms with E-state index in [4.69, 9.17) is 25.8 Å². The second-order valence-electron chi connectivity index (χ2n) is 5.52. The Bertz CT molecular complexity index is 842. The fraction of sp³-hybridized carbons (Fsp3) is 0.222. The van der Waals surface area contributed by atoms with Crippen LogP contribution in [0.1, 0.15) is 12.0 Å². The van der Waals surface area contributed by atoms with E-state index in [0.29, 0.717) is 17.9 Å². The van der Waals surface area contributed by atoms with Gasteiger partial charge in [-0.1, -0.05) is 17.7 Å². The van der Waals surface area contributed by atoms with E-state index < -0.39 is 24.3 Å². The molecule has 2 aromatic carbocycles. The topological polar surface area (TPSA) is 73.9 Å². The third-order valence-electron chi connectivity index (χ3n) is 3.62. The van der Waals surface area contributed by atoms with Crippen molar-refractivity contribution in [3.8, 4) is 11.5 Å². The quantitative estimate of drug-likeness (QED) is 0.779. The van der Waals surface area contributed by atoms with Gasteiger partial charge in [-0.25, -0.2) is 4.39 Å². The number of esters is 1. The Morgan fingerprint density at radius 3 is 2.81 bits per heavy atom. The van der Waals surface area contributed by atoms with Crippen LogP contribution in [0, 0.1) is 5.82 Å². The van der Waals surface area contributed by atoms with Crippen LogP contribution < -0.4 is 14.8 Å². The van der Waals surface area contributed by atoms with Crippen LogP contribution in [0.5, 0.6) is 11.5 Å². The molecule has 3 rings (SSSR count). The summed E-state index contributed by atoms with van der Waals surface area (Å²) in [6.07, 6.45) is 0.526. The summed E-state index contributed by atoms with van der Waals surface area (Å²) in [4.78, 5) is 23.5. The third-order valence-corrected chi connectivity index (χ3v) is 3.86. The molecular formula is C18H15ClFNO5. The number of nitrogens with one attached hydrogen (secondary N) is 1. The van der Waals surface area contributed by atoms with Crippen LogP contribution in [0.3, 0.4) is 0 Å². The molecule has 8 heteroatoms. The van der Waals surface area contributed by atoms with Gasteiger partial charge in [-0.15, -0.1) is 0 Å². The summed E-state index contributed by atoms with van der Waals surface area (Å²) in [6.45, 7) is -0.324. The van der Waals surface area contributed by atoms with Crippen molar-refractivity contribution in [1.29, 1.82) is 0 Å². The Labute approximate surface area is 153 Å². The average Bonchev–Trinajstić information content (AvgIpc) is 3.09. The summed E-state index contributed by atoms with van der Waals surface area (Å²) in [5.41, 5.74) is 0.815. The molecule has 1 N–H and O–H groups in total. The van der Waals surface area contributed by atoms with Gasteiger partial charge in [-0.05, 0) is 42.3 Å². The van der Waals surface area contributed by atoms with Crippen LogP contribution in [0.4, 0.5) is 10.1 Å². The molecule has 0 aliphatic carbocycles. The molecule has 1 heterocycles. The number of halogens is 2. The van der Waals surface area contributed by atoms with Crippen LogP contribution >= 0.6 is 11.6 Å². The second-order valence-corrected chi connectivity index (χ2v) is 5.96. The van der Waals surface area contributed by atoms with Crippen molar-refractivity contribution in [3.63, 3.8) is 0 Å². The maximum atomic E-state index is 13.5. The first-order valence-corrected chi connectivity index (χ1v) is 8.18. The maximum absolute atomic E-state index is 13.5. The molecule has 0 unspecified atom stereocenters. The summed E-state index contributed by atoms with van der Waals surface area (Å²) < 4.78 is 28.9. The molecule has 0 saturated heterocycles. The number of rotatable bonds is 6. The zero-order chi connectivity index (χ0) is 18.5. The summed E-state index contributed by atoms with van der Waals surface area (Å²) in [5.74, 6) is -0.510. The fourth-order valence-corrected chi connectivity index (χ4v) is 2.51. The maximum Gasteiger partial charge on any atom is 0.306 e. The van der Waals surface area contributed by atoms with E-state index in [1.807, 2.05) is 6.07 Å². The van der Waals surface area contributed by atoms with Crippen molar-refractivity contribution >= 4 is 29.2 Å². The molecule has 0 spiro atoms. The summed E-state index contributed by atoms with van der Waals surface area (Å²) in [5, 5.41) is 2.58. The first kappa shape index (κ1) is 18.0. The van der Waals surface area contributed by atoms with Crippen molar-refractivity contribution < 1.29 is 28.2 Å². The Hall–Kier alpha value is -2.80. The molecule has 0 atom stereocenters. The Kier molecular flexibility index (Phi) is 5.58. The van der Waals surface area contributed by atoms with Crippen molar-refractivity contribution in [3.05, 3.63) is 52.8 Å². The molecule has 26 heavy (non-hydrogen) atoms. The minimum absolute atomic E-state index is 0.0705. The Balaban J connectivity index is 1.43. The molecule has 0 radical (unpaired) electrons. The van der Waals surface area contributed by atoms with E-state index in [1.54, 1.807) is 12.1 Å². The zero-order valence-electron chi connectivity index (χ0n) is 13.6. The average molecular weight is 380 g/mol. The van der Waals surface area contributed by atoms with Gasteiger partial charge < -0.3 is 19.5 Å². The van der Waals surface area contributed by atoms with Crippen LogP contribution in [0.25, 0.3) is 0 Å². The number of anilines is 1. The van der Waals surface area contributed by atoms with Gasteiger partial charge in [-0.3, -0.25) is 9.59 Å². The SMILES string of the molecule is O=C(COC(=O)CCc1ccc2c(c1)OCO2)Nc1cc(Cl)ccc1F. The van der Waals surface area contributed by atoms with Gasteiger partial charge in [0, 0.05) is 11.4 Å². The minimum Gasteiger partial charge on any atom is -0.456 e. The first-order chi connectivity index (χ1) is 12.5. The predicted molar refractivity (Wildman–Crippen MR) is 91.9 cm³/mol. The third kappa shape index (κ3) is 4.64. The molecule has 136 valence electrons. The minimum atomic E-state index is -0.650. The number of ether oxygens (including phenoxy) is 3. The van der Waals surface area contributed by atoms with Crippen molar-refractivity contribution in [1.82, 2.24) is 0 Å². The first-order valence-electron chi connectivity index (χ1n) is 7.80. The lowest BCUT2D eigenvalue weighted by atomic mass is 10.1. The number of amides is 1. The van der Waals surface area contributed by atoms with Crippen LogP contribution in [0.2, 0.25) is 5.02 Å². The summed E-state index contributed by atoms with van der Waals surface area (Å²) >= 11 is 5.74. The summed E-state index contributed by atoms with van der Waals surface area (Å²) in [7, 11) is 0. The van der Waals surface area contributed by atoms with Crippen LogP contribution in [0.15, 0.2) is 36.4 Å². The highest BCUT2D eigenvalue weighted by Gasteiger charge is 2.14. The number of hydrogen-bond donors (Lipinski definition) is 1. The molecular weight excluding hydrogens is 365 g/mol. The Morgan fingerprint density at radius 2 is 1.96 bits per heavy atom. The standard InChI is InChI=1S/C18H15ClFNO5/c19-12-3-4-13(20)14(8-12)21-17(22)9-24-18(23)6-2-11-1-5-15-16(7-11)26-10-25-15/h1,3-5,7-8H,2,6,9-10H2,(H,21,22). The van der Waals surface area contributed by atoms with E-state index in [1.165, 1.54) is 12.1 Å². The van der Waals surface area contributed by atoms with Gasteiger partial charge in [-0.2, -0.15) is 0 Å². The molecule has 0 fully saturated rings. The van der Waals surface area contributed by atoms with Gasteiger partial charge in [0.2, 0.25) is 6.79 Å². The van der Waals surface area contributed by atoms with Crippen LogP contribution in [-0.2, 0) is 20.7 Å². The van der Waals surface area contributed by atoms with E-state index in [9.17, 15) is 14.0 Å². The van der Waals surface area contributed by atoms with E-state index in [-0.39, 0.29) is 23.9 Å². The lowest BCUT2D eigenvalue weighted by Gasteiger charge is -2.08. The molecule has 0 saturated carbocycles. The molecule has 0 bridgehead atoms. The molecule has 1 amide bonds. The van der Waals surface area contributed by atoms with Gasteiger partial charge in [0.15, 0.2) is 18.1 Å². The second kappa shape index (κ2) is 8.05. The number of benzene rings is 2. The highest BCUT2D eigenvalue weighted by atomic mass is 35.5. The van der Waals surface area contributed by atoms with Crippen LogP contribution in [-0.4, -0.2) is 25.3 Å². The van der Waals surface area contributed by atoms with E-state index in [0.717, 1.165) is 11.6 Å². The zero-order valence-corrected chi connectivity index (χ0v) is 14.3. The van der Waals surface area contributed by atoms with Crippen molar-refractivity contribution in [2.75, 3.05) is 18.7 Å². The number of carbonyl (C=O) groups excluding carboxylic acids is 2. The van der Waals surface area contributed by atoms with E-state index in [2.05, 4.69) is 5.32 Å². The van der Waals surface area contributed by atoms with Gasteiger partial charge >= 0.3 is 5.97 Å². The monoisotopic (exact) mass is 379 g/mol. The van der Waals surface area contributed by atoms with Gasteiger partial charge in [0.05, 0.1) is 5.69 Å². The van der Waals surface area contributed by atoms with Gasteiger partial charge in [0.25, 0.3) is 5.91 Å². The van der Waals surface area contributed by atoms with Crippen molar-refractivity contribution in [2.24, 2.45) is 0 Å². The molecule has 1 aliphatic rings. The molecule has 6 nitrogen and oxygen atoms in total. The number of aryl methyl sites for hydroxylation is 1. The lowest BCUT2D eigenvalue weighted by molar-refractivity contribution is -0.147. The normalized spacial score (nSPS) is 11.9. The number of fused-ring (bicyclic) bond motifs is 1. The highest BCUT2D eigenvalue weighted by molar-refractivity contribution is 6.30. The molecule has 1 aliphatic heterocycles. The number of hydrogen-bond acceptors (Lipinski definition) is 5.